The van der Waals surface area contributed by atoms with Crippen LogP contribution < -0.4 is 5.32 Å². The molecule has 1 heterocycles. The van der Waals surface area contributed by atoms with Crippen LogP contribution in [-0.2, 0) is 4.79 Å². The molecule has 0 bridgehead atoms. The number of carbonyl (C=O) groups excluding carboxylic acids is 1. The lowest BCUT2D eigenvalue weighted by molar-refractivity contribution is -0.139. The molecule has 0 fully saturated rings. The van der Waals surface area contributed by atoms with Gasteiger partial charge >= 0.3 is 5.97 Å². The Balaban J connectivity index is 2.67. The first-order chi connectivity index (χ1) is 8.70. The predicted octanol–water partition coefficient (Wildman–Crippen LogP) is 2.33. The number of carboxylic acid groups (broad SMARTS) is 1. The van der Waals surface area contributed by atoms with Crippen molar-refractivity contribution in [2.45, 2.75) is 46.6 Å². The van der Waals surface area contributed by atoms with E-state index in [1.807, 2.05) is 20.8 Å². The molecule has 0 spiro atoms. The van der Waals surface area contributed by atoms with Crippen molar-refractivity contribution in [1.29, 1.82) is 0 Å². The smallest absolute Gasteiger partial charge is 0.326 e. The average molecular weight is 266 g/mol. The molecule has 0 saturated heterocycles. The molecule has 1 aromatic heterocycles. The predicted molar refractivity (Wildman–Crippen MR) is 73.1 cm³/mol. The van der Waals surface area contributed by atoms with Crippen LogP contribution in [0.15, 0.2) is 12.4 Å². The summed E-state index contributed by atoms with van der Waals surface area (Å²) < 4.78 is 0. The van der Waals surface area contributed by atoms with Gasteiger partial charge in [-0.3, -0.25) is 4.79 Å². The molecule has 5 nitrogen and oxygen atoms in total. The number of aromatic amines is 1. The van der Waals surface area contributed by atoms with E-state index >= 15 is 0 Å². The molecule has 0 aliphatic carbocycles. The van der Waals surface area contributed by atoms with E-state index in [0.29, 0.717) is 12.0 Å². The minimum Gasteiger partial charge on any atom is -0.480 e. The number of rotatable bonds is 5. The van der Waals surface area contributed by atoms with Gasteiger partial charge in [-0.1, -0.05) is 20.8 Å². The van der Waals surface area contributed by atoms with Gasteiger partial charge in [0.2, 0.25) is 0 Å². The number of hydrogen-bond donors (Lipinski definition) is 3. The highest BCUT2D eigenvalue weighted by Gasteiger charge is 2.23. The normalized spacial score (nSPS) is 13.1. The van der Waals surface area contributed by atoms with Crippen molar-refractivity contribution in [2.24, 2.45) is 5.41 Å². The molecule has 1 amide bonds. The van der Waals surface area contributed by atoms with Crippen LogP contribution in [0.1, 0.15) is 49.5 Å². The molecule has 106 valence electrons. The minimum atomic E-state index is -0.995. The first-order valence-electron chi connectivity index (χ1n) is 6.38. The van der Waals surface area contributed by atoms with Crippen LogP contribution in [0, 0.1) is 12.3 Å². The monoisotopic (exact) mass is 266 g/mol. The lowest BCUT2D eigenvalue weighted by Crippen LogP contribution is -2.41. The van der Waals surface area contributed by atoms with E-state index in [-0.39, 0.29) is 11.3 Å². The number of hydrogen-bond acceptors (Lipinski definition) is 2. The SMILES string of the molecule is Cc1c[nH]cc1C(=O)NC(CCC(C)(C)C)C(=O)O. The van der Waals surface area contributed by atoms with Gasteiger partial charge in [-0.2, -0.15) is 0 Å². The third-order valence-corrected chi connectivity index (χ3v) is 2.98. The van der Waals surface area contributed by atoms with Crippen LogP contribution in [-0.4, -0.2) is 28.0 Å². The zero-order chi connectivity index (χ0) is 14.6. The molecule has 1 rings (SSSR count). The van der Waals surface area contributed by atoms with Gasteiger partial charge in [-0.05, 0) is 30.7 Å². The van der Waals surface area contributed by atoms with Gasteiger partial charge in [0.1, 0.15) is 6.04 Å². The van der Waals surface area contributed by atoms with Gasteiger partial charge in [-0.25, -0.2) is 4.79 Å². The van der Waals surface area contributed by atoms with Crippen molar-refractivity contribution in [1.82, 2.24) is 10.3 Å². The Morgan fingerprint density at radius 2 is 2.00 bits per heavy atom. The summed E-state index contributed by atoms with van der Waals surface area (Å²) in [5.74, 6) is -1.34. The van der Waals surface area contributed by atoms with Gasteiger partial charge in [-0.15, -0.1) is 0 Å². The fourth-order valence-electron chi connectivity index (χ4n) is 1.76. The molecule has 0 saturated carbocycles. The second kappa shape index (κ2) is 5.91. The van der Waals surface area contributed by atoms with E-state index in [4.69, 9.17) is 5.11 Å². The minimum absolute atomic E-state index is 0.0441. The van der Waals surface area contributed by atoms with Gasteiger partial charge in [0.25, 0.3) is 5.91 Å². The molecule has 1 atom stereocenters. The Bertz CT molecular complexity index is 458. The summed E-state index contributed by atoms with van der Waals surface area (Å²) in [6.07, 6.45) is 4.44. The molecule has 1 aromatic rings. The van der Waals surface area contributed by atoms with Crippen LogP contribution in [0.25, 0.3) is 0 Å². The Morgan fingerprint density at radius 1 is 1.37 bits per heavy atom. The molecule has 0 aliphatic rings. The van der Waals surface area contributed by atoms with Crippen molar-refractivity contribution in [3.63, 3.8) is 0 Å². The molecule has 19 heavy (non-hydrogen) atoms. The number of aryl methyl sites for hydroxylation is 1. The van der Waals surface area contributed by atoms with Crippen LogP contribution in [0.4, 0.5) is 0 Å². The third-order valence-electron chi connectivity index (χ3n) is 2.98. The number of carboxylic acids is 1. The van der Waals surface area contributed by atoms with Gasteiger partial charge in [0.05, 0.1) is 5.56 Å². The van der Waals surface area contributed by atoms with Gasteiger partial charge in [0, 0.05) is 12.4 Å². The second-order valence-corrected chi connectivity index (χ2v) is 6.02. The molecule has 5 heteroatoms. The number of aliphatic carboxylic acids is 1. The lowest BCUT2D eigenvalue weighted by Gasteiger charge is -2.21. The highest BCUT2D eigenvalue weighted by Crippen LogP contribution is 2.21. The van der Waals surface area contributed by atoms with E-state index in [2.05, 4.69) is 10.3 Å². The molecular weight excluding hydrogens is 244 g/mol. The summed E-state index contributed by atoms with van der Waals surface area (Å²) in [5, 5.41) is 11.7. The maximum absolute atomic E-state index is 12.0. The van der Waals surface area contributed by atoms with Gasteiger partial charge < -0.3 is 15.4 Å². The highest BCUT2D eigenvalue weighted by atomic mass is 16.4. The number of amides is 1. The number of nitrogens with one attached hydrogen (secondary N) is 2. The summed E-state index contributed by atoms with van der Waals surface area (Å²) in [4.78, 5) is 26.0. The summed E-state index contributed by atoms with van der Waals surface area (Å²) >= 11 is 0. The van der Waals surface area contributed by atoms with Crippen molar-refractivity contribution >= 4 is 11.9 Å². The van der Waals surface area contributed by atoms with E-state index in [9.17, 15) is 9.59 Å². The largest absolute Gasteiger partial charge is 0.480 e. The molecule has 3 N–H and O–H groups in total. The quantitative estimate of drug-likeness (QED) is 0.765. The van der Waals surface area contributed by atoms with E-state index < -0.39 is 12.0 Å². The van der Waals surface area contributed by atoms with Crippen molar-refractivity contribution in [3.8, 4) is 0 Å². The second-order valence-electron chi connectivity index (χ2n) is 6.02. The van der Waals surface area contributed by atoms with E-state index in [1.54, 1.807) is 19.3 Å². The van der Waals surface area contributed by atoms with Gasteiger partial charge in [0.15, 0.2) is 0 Å². The fourth-order valence-corrected chi connectivity index (χ4v) is 1.76. The number of H-pyrrole nitrogens is 1. The summed E-state index contributed by atoms with van der Waals surface area (Å²) in [5.41, 5.74) is 1.34. The number of carbonyl (C=O) groups is 2. The van der Waals surface area contributed by atoms with Crippen molar-refractivity contribution in [3.05, 3.63) is 23.5 Å². The topological polar surface area (TPSA) is 82.2 Å². The standard InChI is InChI=1S/C14H22N2O3/c1-9-7-15-8-10(9)12(17)16-11(13(18)19)5-6-14(2,3)4/h7-8,11,15H,5-6H2,1-4H3,(H,16,17)(H,18,19). The van der Waals surface area contributed by atoms with Crippen LogP contribution in [0.5, 0.6) is 0 Å². The average Bonchev–Trinajstić information content (AvgIpc) is 2.68. The summed E-state index contributed by atoms with van der Waals surface area (Å²) in [6, 6.07) is -0.846. The Labute approximate surface area is 113 Å². The van der Waals surface area contributed by atoms with E-state index in [1.165, 1.54) is 0 Å². The molecular formula is C14H22N2O3. The van der Waals surface area contributed by atoms with Crippen LogP contribution in [0.3, 0.4) is 0 Å². The molecule has 0 aliphatic heterocycles. The summed E-state index contributed by atoms with van der Waals surface area (Å²) in [7, 11) is 0. The zero-order valence-corrected chi connectivity index (χ0v) is 11.9. The highest BCUT2D eigenvalue weighted by molar-refractivity contribution is 5.97. The number of aromatic nitrogens is 1. The summed E-state index contributed by atoms with van der Waals surface area (Å²) in [6.45, 7) is 7.94. The molecule has 0 radical (unpaired) electrons. The van der Waals surface area contributed by atoms with Crippen LogP contribution in [0.2, 0.25) is 0 Å². The maximum Gasteiger partial charge on any atom is 0.326 e. The fraction of sp³-hybridized carbons (Fsp3) is 0.571. The van der Waals surface area contributed by atoms with E-state index in [0.717, 1.165) is 12.0 Å². The molecule has 1 unspecified atom stereocenters. The van der Waals surface area contributed by atoms with Crippen LogP contribution >= 0.6 is 0 Å². The maximum atomic E-state index is 12.0. The van der Waals surface area contributed by atoms with Crippen molar-refractivity contribution in [2.75, 3.05) is 0 Å². The Kier molecular flexibility index (Phi) is 4.75. The zero-order valence-electron chi connectivity index (χ0n) is 11.9. The first-order valence-corrected chi connectivity index (χ1v) is 6.38. The molecule has 0 aromatic carbocycles. The first kappa shape index (κ1) is 15.3. The lowest BCUT2D eigenvalue weighted by atomic mass is 9.88. The Morgan fingerprint density at radius 3 is 2.42 bits per heavy atom. The van der Waals surface area contributed by atoms with Crippen molar-refractivity contribution < 1.29 is 14.7 Å². The third kappa shape index (κ3) is 4.77. The Hall–Kier alpha value is -1.78.